The van der Waals surface area contributed by atoms with E-state index in [2.05, 4.69) is 45.3 Å². The Labute approximate surface area is 166 Å². The summed E-state index contributed by atoms with van der Waals surface area (Å²) in [5, 5.41) is 11.3. The zero-order chi connectivity index (χ0) is 20.1. The van der Waals surface area contributed by atoms with Crippen molar-refractivity contribution in [2.24, 2.45) is 0 Å². The van der Waals surface area contributed by atoms with Gasteiger partial charge >= 0.3 is 0 Å². The lowest BCUT2D eigenvalue weighted by molar-refractivity contribution is 0.0964. The molecule has 9 nitrogen and oxygen atoms in total. The molecule has 0 spiro atoms. The van der Waals surface area contributed by atoms with E-state index in [0.717, 1.165) is 16.6 Å². The average molecular weight is 391 g/mol. The Hall–Kier alpha value is -3.62. The van der Waals surface area contributed by atoms with Gasteiger partial charge in [0.05, 0.1) is 12.7 Å². The normalized spacial score (nSPS) is 13.4. The Kier molecular flexibility index (Phi) is 3.90. The van der Waals surface area contributed by atoms with Crippen molar-refractivity contribution < 1.29 is 9.53 Å². The van der Waals surface area contributed by atoms with E-state index < -0.39 is 0 Å². The molecule has 148 valence electrons. The Balaban J connectivity index is 1.86. The van der Waals surface area contributed by atoms with Crippen LogP contribution in [0.15, 0.2) is 30.7 Å². The van der Waals surface area contributed by atoms with Gasteiger partial charge in [-0.1, -0.05) is 0 Å². The Morgan fingerprint density at radius 3 is 3.00 bits per heavy atom. The number of fused-ring (bicyclic) bond motifs is 4. The van der Waals surface area contributed by atoms with E-state index >= 15 is 0 Å². The predicted molar refractivity (Wildman–Crippen MR) is 109 cm³/mol. The highest BCUT2D eigenvalue weighted by Crippen LogP contribution is 2.41. The van der Waals surface area contributed by atoms with Gasteiger partial charge in [0.2, 0.25) is 0 Å². The van der Waals surface area contributed by atoms with E-state index in [1.165, 1.54) is 6.20 Å². The molecule has 1 aliphatic heterocycles. The third-order valence-electron chi connectivity index (χ3n) is 5.12. The van der Waals surface area contributed by atoms with Crippen molar-refractivity contribution in [3.63, 3.8) is 0 Å². The summed E-state index contributed by atoms with van der Waals surface area (Å²) in [6.07, 6.45) is 5.37. The fourth-order valence-corrected chi connectivity index (χ4v) is 3.74. The smallest absolute Gasteiger partial charge is 0.256 e. The Morgan fingerprint density at radius 2 is 2.21 bits per heavy atom. The summed E-state index contributed by atoms with van der Waals surface area (Å²) in [7, 11) is 1.59. The molecule has 4 aromatic rings. The molecule has 2 N–H and O–H groups in total. The van der Waals surface area contributed by atoms with Gasteiger partial charge in [-0.05, 0) is 26.0 Å². The second-order valence-electron chi connectivity index (χ2n) is 7.20. The number of aromatic nitrogens is 5. The quantitative estimate of drug-likeness (QED) is 0.557. The lowest BCUT2D eigenvalue weighted by Crippen LogP contribution is -2.22. The van der Waals surface area contributed by atoms with Gasteiger partial charge in [-0.25, -0.2) is 9.97 Å². The van der Waals surface area contributed by atoms with E-state index in [0.29, 0.717) is 41.6 Å². The monoisotopic (exact) mass is 391 g/mol. The maximum Gasteiger partial charge on any atom is 0.256 e. The molecule has 0 radical (unpaired) electrons. The standard InChI is InChI=1S/C20H21N7O2/c1-11(2)26-10-14(12-5-4-6-22-17(12)26)15-16-19(23-7-8-29-16)27-18(25-15)13(9-24-27)20(28)21-3/h4-6,9-11,23H,7-8H2,1-3H3,(H,21,28). The van der Waals surface area contributed by atoms with Crippen LogP contribution in [0.3, 0.4) is 0 Å². The molecule has 0 aliphatic carbocycles. The molecule has 0 saturated carbocycles. The third kappa shape index (κ3) is 2.54. The first-order valence-corrected chi connectivity index (χ1v) is 9.56. The number of hydrogen-bond acceptors (Lipinski definition) is 6. The number of amides is 1. The molecule has 0 saturated heterocycles. The molecule has 0 bridgehead atoms. The van der Waals surface area contributed by atoms with Crippen LogP contribution in [-0.4, -0.2) is 50.3 Å². The van der Waals surface area contributed by atoms with Gasteiger partial charge in [0.1, 0.15) is 23.5 Å². The summed E-state index contributed by atoms with van der Waals surface area (Å²) >= 11 is 0. The summed E-state index contributed by atoms with van der Waals surface area (Å²) in [4.78, 5) is 21.8. The highest BCUT2D eigenvalue weighted by Gasteiger charge is 2.27. The second kappa shape index (κ2) is 6.47. The minimum atomic E-state index is -0.235. The molecule has 0 aromatic carbocycles. The van der Waals surface area contributed by atoms with Crippen molar-refractivity contribution in [3.8, 4) is 17.0 Å². The van der Waals surface area contributed by atoms with Crippen LogP contribution in [0.4, 0.5) is 5.82 Å². The highest BCUT2D eigenvalue weighted by molar-refractivity contribution is 6.01. The number of carbonyl (C=O) groups excluding carboxylic acids is 1. The van der Waals surface area contributed by atoms with Crippen LogP contribution in [-0.2, 0) is 0 Å². The Morgan fingerprint density at radius 1 is 1.34 bits per heavy atom. The van der Waals surface area contributed by atoms with E-state index in [1.807, 2.05) is 12.1 Å². The van der Waals surface area contributed by atoms with Crippen molar-refractivity contribution in [1.82, 2.24) is 29.5 Å². The number of hydrogen-bond donors (Lipinski definition) is 2. The maximum atomic E-state index is 12.3. The molecular formula is C20H21N7O2. The van der Waals surface area contributed by atoms with Gasteiger partial charge in [-0.15, -0.1) is 0 Å². The first kappa shape index (κ1) is 17.5. The molecular weight excluding hydrogens is 370 g/mol. The molecule has 0 atom stereocenters. The summed E-state index contributed by atoms with van der Waals surface area (Å²) < 4.78 is 9.76. The van der Waals surface area contributed by atoms with Crippen LogP contribution in [0.25, 0.3) is 27.9 Å². The fourth-order valence-electron chi connectivity index (χ4n) is 3.74. The summed E-state index contributed by atoms with van der Waals surface area (Å²) in [6.45, 7) is 5.40. The van der Waals surface area contributed by atoms with Crippen molar-refractivity contribution in [1.29, 1.82) is 0 Å². The molecule has 5 rings (SSSR count). The van der Waals surface area contributed by atoms with Gasteiger partial charge in [-0.3, -0.25) is 4.79 Å². The number of carbonyl (C=O) groups is 1. The molecule has 1 amide bonds. The van der Waals surface area contributed by atoms with Gasteiger partial charge in [0, 0.05) is 36.4 Å². The van der Waals surface area contributed by atoms with Crippen molar-refractivity contribution in [2.45, 2.75) is 19.9 Å². The van der Waals surface area contributed by atoms with Gasteiger partial charge in [0.15, 0.2) is 17.2 Å². The number of rotatable bonds is 3. The lowest BCUT2D eigenvalue weighted by Gasteiger charge is -2.22. The lowest BCUT2D eigenvalue weighted by atomic mass is 10.1. The molecule has 1 aliphatic rings. The molecule has 0 unspecified atom stereocenters. The highest BCUT2D eigenvalue weighted by atomic mass is 16.5. The molecule has 29 heavy (non-hydrogen) atoms. The first-order valence-electron chi connectivity index (χ1n) is 9.56. The van der Waals surface area contributed by atoms with Crippen LogP contribution in [0.2, 0.25) is 0 Å². The zero-order valence-electron chi connectivity index (χ0n) is 16.4. The van der Waals surface area contributed by atoms with Gasteiger partial charge < -0.3 is 19.9 Å². The molecule has 4 aromatic heterocycles. The fraction of sp³-hybridized carbons (Fsp3) is 0.300. The van der Waals surface area contributed by atoms with E-state index in [-0.39, 0.29) is 11.9 Å². The van der Waals surface area contributed by atoms with E-state index in [9.17, 15) is 4.79 Å². The Bertz CT molecular complexity index is 1250. The number of nitrogens with zero attached hydrogens (tertiary/aromatic N) is 5. The maximum absolute atomic E-state index is 12.3. The number of nitrogens with one attached hydrogen (secondary N) is 2. The van der Waals surface area contributed by atoms with Gasteiger partial charge in [-0.2, -0.15) is 9.61 Å². The zero-order valence-corrected chi connectivity index (χ0v) is 16.4. The number of ether oxygens (including phenoxy) is 1. The number of anilines is 1. The van der Waals surface area contributed by atoms with Gasteiger partial charge in [0.25, 0.3) is 5.91 Å². The van der Waals surface area contributed by atoms with Crippen LogP contribution < -0.4 is 15.4 Å². The topological polar surface area (TPSA) is 98.4 Å². The second-order valence-corrected chi connectivity index (χ2v) is 7.20. The van der Waals surface area contributed by atoms with Crippen LogP contribution in [0.1, 0.15) is 30.2 Å². The SMILES string of the molecule is CNC(=O)c1cnn2c3c(c(-c4cn(C(C)C)c5ncccc45)nc12)OCCN3. The minimum absolute atomic E-state index is 0.233. The summed E-state index contributed by atoms with van der Waals surface area (Å²) in [5.41, 5.74) is 3.35. The largest absolute Gasteiger partial charge is 0.486 e. The van der Waals surface area contributed by atoms with E-state index in [4.69, 9.17) is 9.72 Å². The molecule has 9 heteroatoms. The van der Waals surface area contributed by atoms with E-state index in [1.54, 1.807) is 17.8 Å². The molecule has 0 fully saturated rings. The van der Waals surface area contributed by atoms with Crippen molar-refractivity contribution in [3.05, 3.63) is 36.3 Å². The predicted octanol–water partition coefficient (Wildman–Crippen LogP) is 2.49. The average Bonchev–Trinajstić information content (AvgIpc) is 3.34. The molecule has 5 heterocycles. The summed E-state index contributed by atoms with van der Waals surface area (Å²) in [5.74, 6) is 1.09. The minimum Gasteiger partial charge on any atom is -0.486 e. The van der Waals surface area contributed by atoms with Crippen LogP contribution in [0.5, 0.6) is 5.75 Å². The van der Waals surface area contributed by atoms with Crippen molar-refractivity contribution in [2.75, 3.05) is 25.5 Å². The number of pyridine rings is 1. The van der Waals surface area contributed by atoms with Crippen LogP contribution >= 0.6 is 0 Å². The third-order valence-corrected chi connectivity index (χ3v) is 5.12. The van der Waals surface area contributed by atoms with Crippen molar-refractivity contribution >= 4 is 28.4 Å². The van der Waals surface area contributed by atoms with Crippen LogP contribution in [0, 0.1) is 0 Å². The first-order chi connectivity index (χ1) is 14.1. The summed E-state index contributed by atoms with van der Waals surface area (Å²) in [6, 6.07) is 4.17.